The van der Waals surface area contributed by atoms with Crippen molar-refractivity contribution in [3.8, 4) is 17.1 Å². The summed E-state index contributed by atoms with van der Waals surface area (Å²) in [5, 5.41) is 4.20. The number of rotatable bonds is 5. The molecule has 0 saturated carbocycles. The fraction of sp³-hybridized carbons (Fsp3) is 0.391. The summed E-state index contributed by atoms with van der Waals surface area (Å²) >= 11 is 0. The van der Waals surface area contributed by atoms with Crippen molar-refractivity contribution in [1.82, 2.24) is 24.6 Å². The number of nitrogens with zero attached hydrogens (tertiary/aromatic N) is 5. The number of hydrogen-bond donors (Lipinski definition) is 0. The molecule has 0 bridgehead atoms. The van der Waals surface area contributed by atoms with Gasteiger partial charge in [0.05, 0.1) is 29.4 Å². The third-order valence-corrected chi connectivity index (χ3v) is 5.78. The van der Waals surface area contributed by atoms with Crippen molar-refractivity contribution in [3.63, 3.8) is 0 Å². The number of likely N-dealkylation sites (tertiary alicyclic amines) is 1. The Labute approximate surface area is 197 Å². The van der Waals surface area contributed by atoms with Gasteiger partial charge < -0.3 is 9.64 Å². The third kappa shape index (κ3) is 5.41. The second-order valence-corrected chi connectivity index (χ2v) is 8.51. The molecule has 0 aromatic carbocycles. The minimum atomic E-state index is -4.55. The van der Waals surface area contributed by atoms with E-state index in [0.29, 0.717) is 17.5 Å². The Morgan fingerprint density at radius 1 is 1.20 bits per heavy atom. The van der Waals surface area contributed by atoms with Crippen LogP contribution in [0.15, 0.2) is 48.9 Å². The number of alkyl halides is 5. The number of ether oxygens (including phenoxy) is 1. The van der Waals surface area contributed by atoms with Crippen LogP contribution in [0.5, 0.6) is 5.88 Å². The van der Waals surface area contributed by atoms with Crippen LogP contribution in [-0.2, 0) is 13.2 Å². The van der Waals surface area contributed by atoms with Crippen molar-refractivity contribution < 1.29 is 31.5 Å². The van der Waals surface area contributed by atoms with Crippen LogP contribution in [0.4, 0.5) is 22.0 Å². The molecule has 1 amide bonds. The minimum absolute atomic E-state index is 0.0336. The summed E-state index contributed by atoms with van der Waals surface area (Å²) < 4.78 is 74.3. The van der Waals surface area contributed by atoms with Gasteiger partial charge in [-0.25, -0.2) is 13.8 Å². The van der Waals surface area contributed by atoms with Crippen LogP contribution in [0.1, 0.15) is 29.4 Å². The molecule has 4 heterocycles. The normalized spacial score (nSPS) is 20.0. The second kappa shape index (κ2) is 9.23. The van der Waals surface area contributed by atoms with Crippen LogP contribution in [0.3, 0.4) is 0 Å². The summed E-state index contributed by atoms with van der Waals surface area (Å²) in [6.45, 7) is 0.496. The van der Waals surface area contributed by atoms with Gasteiger partial charge in [0, 0.05) is 38.1 Å². The number of piperidine rings is 1. The lowest BCUT2D eigenvalue weighted by atomic mass is 9.88. The van der Waals surface area contributed by atoms with E-state index >= 15 is 0 Å². The number of pyridine rings is 2. The molecule has 3 aromatic heterocycles. The molecule has 0 aliphatic carbocycles. The molecule has 186 valence electrons. The molecule has 1 aliphatic rings. The molecule has 1 aliphatic heterocycles. The van der Waals surface area contributed by atoms with E-state index in [0.717, 1.165) is 17.0 Å². The number of carbonyl (C=O) groups excluding carboxylic acids is 1. The molecule has 3 aromatic rings. The summed E-state index contributed by atoms with van der Waals surface area (Å²) in [5.74, 6) is -4.62. The van der Waals surface area contributed by atoms with Crippen LogP contribution in [0, 0.1) is 5.92 Å². The van der Waals surface area contributed by atoms with E-state index in [2.05, 4.69) is 15.1 Å². The van der Waals surface area contributed by atoms with E-state index in [-0.39, 0.29) is 18.2 Å². The molecule has 1 fully saturated rings. The van der Waals surface area contributed by atoms with Crippen molar-refractivity contribution in [2.45, 2.75) is 31.5 Å². The smallest absolute Gasteiger partial charge is 0.417 e. The van der Waals surface area contributed by atoms with Gasteiger partial charge in [-0.2, -0.15) is 18.3 Å². The molecule has 0 unspecified atom stereocenters. The van der Waals surface area contributed by atoms with Gasteiger partial charge >= 0.3 is 6.18 Å². The second-order valence-electron chi connectivity index (χ2n) is 8.51. The molecule has 0 spiro atoms. The SMILES string of the molecule is C[C@@H]1CC(F)(F)CN(C(=O)c2nn(C)cc2-c2ccccn2)[C@@H]1COc1ccc(C(F)(F)F)cn1. The average Bonchev–Trinajstić information content (AvgIpc) is 3.19. The van der Waals surface area contributed by atoms with Gasteiger partial charge in [0.25, 0.3) is 11.8 Å². The predicted octanol–water partition coefficient (Wildman–Crippen LogP) is 4.46. The van der Waals surface area contributed by atoms with Gasteiger partial charge in [-0.3, -0.25) is 14.5 Å². The zero-order valence-electron chi connectivity index (χ0n) is 18.8. The highest BCUT2D eigenvalue weighted by molar-refractivity contribution is 5.98. The molecular formula is C23H22F5N5O2. The first-order chi connectivity index (χ1) is 16.4. The Kier molecular flexibility index (Phi) is 6.48. The van der Waals surface area contributed by atoms with Crippen LogP contribution >= 0.6 is 0 Å². The van der Waals surface area contributed by atoms with Crippen molar-refractivity contribution in [1.29, 1.82) is 0 Å². The maximum absolute atomic E-state index is 14.5. The summed E-state index contributed by atoms with van der Waals surface area (Å²) in [7, 11) is 1.60. The van der Waals surface area contributed by atoms with Gasteiger partial charge in [-0.05, 0) is 24.1 Å². The van der Waals surface area contributed by atoms with Gasteiger partial charge in [-0.1, -0.05) is 13.0 Å². The van der Waals surface area contributed by atoms with Crippen LogP contribution < -0.4 is 4.74 Å². The number of hydrogen-bond acceptors (Lipinski definition) is 5. The first-order valence-electron chi connectivity index (χ1n) is 10.7. The molecule has 12 heteroatoms. The molecule has 2 atom stereocenters. The quantitative estimate of drug-likeness (QED) is 0.489. The van der Waals surface area contributed by atoms with Crippen molar-refractivity contribution in [2.24, 2.45) is 13.0 Å². The maximum atomic E-state index is 14.5. The summed E-state index contributed by atoms with van der Waals surface area (Å²) in [6.07, 6.45) is -1.27. The maximum Gasteiger partial charge on any atom is 0.417 e. The van der Waals surface area contributed by atoms with E-state index in [9.17, 15) is 26.7 Å². The highest BCUT2D eigenvalue weighted by atomic mass is 19.4. The van der Waals surface area contributed by atoms with Crippen molar-refractivity contribution >= 4 is 5.91 Å². The Bertz CT molecular complexity index is 1180. The third-order valence-electron chi connectivity index (χ3n) is 5.78. The molecule has 35 heavy (non-hydrogen) atoms. The zero-order valence-corrected chi connectivity index (χ0v) is 18.8. The first-order valence-corrected chi connectivity index (χ1v) is 10.7. The Balaban J connectivity index is 1.60. The standard InChI is InChI=1S/C23H22F5N5O2/c1-14-9-22(24,25)13-33(18(14)12-35-19-7-6-15(10-30-19)23(26,27)28)21(34)20-16(11-32(2)31-20)17-5-3-4-8-29-17/h3-8,10-11,14,18H,9,12-13H2,1-2H3/t14-,18-/m1/s1. The molecule has 4 rings (SSSR count). The Hall–Kier alpha value is -3.57. The number of amides is 1. The van der Waals surface area contributed by atoms with E-state index in [1.54, 1.807) is 44.6 Å². The van der Waals surface area contributed by atoms with Crippen LogP contribution in [-0.4, -0.2) is 55.7 Å². The van der Waals surface area contributed by atoms with Crippen molar-refractivity contribution in [3.05, 3.63) is 60.2 Å². The van der Waals surface area contributed by atoms with Crippen LogP contribution in [0.25, 0.3) is 11.3 Å². The number of aryl methyl sites for hydroxylation is 1. The summed E-state index contributed by atoms with van der Waals surface area (Å²) in [5.41, 5.74) is -0.121. The largest absolute Gasteiger partial charge is 0.475 e. The monoisotopic (exact) mass is 495 g/mol. The average molecular weight is 495 g/mol. The number of halogens is 5. The van der Waals surface area contributed by atoms with Gasteiger partial charge in [0.1, 0.15) is 6.61 Å². The zero-order chi connectivity index (χ0) is 25.4. The molecule has 0 N–H and O–H groups in total. The number of carbonyl (C=O) groups is 1. The van der Waals surface area contributed by atoms with E-state index in [1.807, 2.05) is 0 Å². The number of aromatic nitrogens is 4. The molecule has 0 radical (unpaired) electrons. The lowest BCUT2D eigenvalue weighted by Crippen LogP contribution is -2.57. The van der Waals surface area contributed by atoms with E-state index < -0.39 is 48.5 Å². The van der Waals surface area contributed by atoms with E-state index in [1.165, 1.54) is 4.68 Å². The van der Waals surface area contributed by atoms with Gasteiger partial charge in [0.2, 0.25) is 5.88 Å². The van der Waals surface area contributed by atoms with Crippen LogP contribution in [0.2, 0.25) is 0 Å². The van der Waals surface area contributed by atoms with Gasteiger partial charge in [-0.15, -0.1) is 0 Å². The Morgan fingerprint density at radius 2 is 1.97 bits per heavy atom. The topological polar surface area (TPSA) is 73.1 Å². The van der Waals surface area contributed by atoms with Gasteiger partial charge in [0.15, 0.2) is 5.69 Å². The minimum Gasteiger partial charge on any atom is -0.475 e. The van der Waals surface area contributed by atoms with Crippen molar-refractivity contribution in [2.75, 3.05) is 13.2 Å². The highest BCUT2D eigenvalue weighted by Gasteiger charge is 2.47. The van der Waals surface area contributed by atoms with E-state index in [4.69, 9.17) is 4.74 Å². The molecule has 1 saturated heterocycles. The summed E-state index contributed by atoms with van der Waals surface area (Å²) in [6, 6.07) is 6.19. The lowest BCUT2D eigenvalue weighted by molar-refractivity contribution is -0.137. The molecule has 7 nitrogen and oxygen atoms in total. The fourth-order valence-electron chi connectivity index (χ4n) is 4.12. The first kappa shape index (κ1) is 24.6. The lowest BCUT2D eigenvalue weighted by Gasteiger charge is -2.42. The molecular weight excluding hydrogens is 473 g/mol. The fourth-order valence-corrected chi connectivity index (χ4v) is 4.12. The Morgan fingerprint density at radius 3 is 2.60 bits per heavy atom. The highest BCUT2D eigenvalue weighted by Crippen LogP contribution is 2.36. The predicted molar refractivity (Wildman–Crippen MR) is 115 cm³/mol. The summed E-state index contributed by atoms with van der Waals surface area (Å²) in [4.78, 5) is 22.4.